The zero-order chi connectivity index (χ0) is 30.6. The smallest absolute Gasteiger partial charge is 0.224 e. The predicted molar refractivity (Wildman–Crippen MR) is 175 cm³/mol. The number of ether oxygens (including phenoxy) is 2. The standard InChI is InChI=1S/C35H36Cl2N2O4/c1-24-21-28(36)11-17-32(24)42-19-3-5-34(40)38-30-13-7-26(8-14-30)23-27-9-15-31(16-10-27)39-35(41)6-4-20-43-33-18-12-29(37)22-25(33)2/h7-18,21-22H,3-6,19-20,23H2,1-2H3,(H,38,40)(H,39,41). The lowest BCUT2D eigenvalue weighted by Gasteiger charge is -2.10. The Morgan fingerprint density at radius 3 is 1.37 bits per heavy atom. The highest BCUT2D eigenvalue weighted by molar-refractivity contribution is 6.31. The van der Waals surface area contributed by atoms with Crippen LogP contribution in [0.3, 0.4) is 0 Å². The van der Waals surface area contributed by atoms with Crippen LogP contribution in [-0.2, 0) is 16.0 Å². The number of carbonyl (C=O) groups excluding carboxylic acids is 2. The van der Waals surface area contributed by atoms with E-state index in [2.05, 4.69) is 10.6 Å². The highest BCUT2D eigenvalue weighted by atomic mass is 35.5. The van der Waals surface area contributed by atoms with Crippen LogP contribution in [0.5, 0.6) is 11.5 Å². The summed E-state index contributed by atoms with van der Waals surface area (Å²) in [5.74, 6) is 1.46. The molecule has 0 aliphatic carbocycles. The number of amides is 2. The van der Waals surface area contributed by atoms with Crippen LogP contribution in [0.25, 0.3) is 0 Å². The first-order valence-electron chi connectivity index (χ1n) is 14.3. The predicted octanol–water partition coefficient (Wildman–Crippen LogP) is 8.80. The fourth-order valence-electron chi connectivity index (χ4n) is 4.47. The zero-order valence-corrected chi connectivity index (χ0v) is 25.9. The number of rotatable bonds is 14. The first kappa shape index (κ1) is 31.9. The monoisotopic (exact) mass is 618 g/mol. The van der Waals surface area contributed by atoms with E-state index in [1.807, 2.05) is 86.6 Å². The third-order valence-electron chi connectivity index (χ3n) is 6.77. The van der Waals surface area contributed by atoms with Gasteiger partial charge in [-0.3, -0.25) is 9.59 Å². The molecule has 0 radical (unpaired) electrons. The molecule has 6 nitrogen and oxygen atoms in total. The zero-order valence-electron chi connectivity index (χ0n) is 24.4. The van der Waals surface area contributed by atoms with Gasteiger partial charge in [0, 0.05) is 34.3 Å². The average Bonchev–Trinajstić information content (AvgIpc) is 2.97. The Bertz CT molecular complexity index is 1410. The minimum atomic E-state index is -0.0500. The average molecular weight is 620 g/mol. The molecule has 2 N–H and O–H groups in total. The van der Waals surface area contributed by atoms with E-state index in [1.54, 1.807) is 12.1 Å². The maximum absolute atomic E-state index is 12.4. The van der Waals surface area contributed by atoms with E-state index < -0.39 is 0 Å². The van der Waals surface area contributed by atoms with Gasteiger partial charge >= 0.3 is 0 Å². The highest BCUT2D eigenvalue weighted by Gasteiger charge is 2.07. The molecule has 224 valence electrons. The van der Waals surface area contributed by atoms with Gasteiger partial charge in [-0.25, -0.2) is 0 Å². The van der Waals surface area contributed by atoms with Gasteiger partial charge in [-0.05, 0) is 116 Å². The van der Waals surface area contributed by atoms with Crippen molar-refractivity contribution in [2.24, 2.45) is 0 Å². The number of carbonyl (C=O) groups is 2. The third-order valence-corrected chi connectivity index (χ3v) is 7.24. The van der Waals surface area contributed by atoms with Crippen molar-refractivity contribution in [3.05, 3.63) is 117 Å². The molecule has 0 heterocycles. The van der Waals surface area contributed by atoms with E-state index in [-0.39, 0.29) is 11.8 Å². The van der Waals surface area contributed by atoms with Gasteiger partial charge in [0.25, 0.3) is 0 Å². The molecular weight excluding hydrogens is 583 g/mol. The summed E-state index contributed by atoms with van der Waals surface area (Å²) in [6.07, 6.45) is 2.70. The van der Waals surface area contributed by atoms with Gasteiger partial charge in [-0.2, -0.15) is 0 Å². The Labute approximate surface area is 263 Å². The first-order valence-corrected chi connectivity index (χ1v) is 15.1. The summed E-state index contributed by atoms with van der Waals surface area (Å²) in [4.78, 5) is 24.7. The third kappa shape index (κ3) is 10.7. The van der Waals surface area contributed by atoms with Crippen LogP contribution in [0.2, 0.25) is 10.0 Å². The van der Waals surface area contributed by atoms with Crippen LogP contribution >= 0.6 is 23.2 Å². The summed E-state index contributed by atoms with van der Waals surface area (Å²) in [6.45, 7) is 4.80. The molecule has 8 heteroatoms. The van der Waals surface area contributed by atoms with E-state index in [4.69, 9.17) is 32.7 Å². The van der Waals surface area contributed by atoms with Gasteiger partial charge in [0.2, 0.25) is 11.8 Å². The molecule has 0 atom stereocenters. The van der Waals surface area contributed by atoms with Crippen LogP contribution in [0.15, 0.2) is 84.9 Å². The van der Waals surface area contributed by atoms with E-state index >= 15 is 0 Å². The van der Waals surface area contributed by atoms with Crippen LogP contribution in [-0.4, -0.2) is 25.0 Å². The Hall–Kier alpha value is -4.00. The van der Waals surface area contributed by atoms with Crippen molar-refractivity contribution in [3.63, 3.8) is 0 Å². The van der Waals surface area contributed by atoms with Crippen LogP contribution < -0.4 is 20.1 Å². The summed E-state index contributed by atoms with van der Waals surface area (Å²) in [7, 11) is 0. The molecular formula is C35H36Cl2N2O4. The summed E-state index contributed by atoms with van der Waals surface area (Å²) in [6, 6.07) is 26.6. The van der Waals surface area contributed by atoms with Crippen molar-refractivity contribution >= 4 is 46.4 Å². The van der Waals surface area contributed by atoms with Crippen molar-refractivity contribution < 1.29 is 19.1 Å². The number of nitrogens with one attached hydrogen (secondary N) is 2. The Balaban J connectivity index is 1.13. The van der Waals surface area contributed by atoms with E-state index in [9.17, 15) is 9.59 Å². The van der Waals surface area contributed by atoms with Gasteiger partial charge in [0.15, 0.2) is 0 Å². The minimum absolute atomic E-state index is 0.0500. The largest absolute Gasteiger partial charge is 0.493 e. The van der Waals surface area contributed by atoms with Gasteiger partial charge in [-0.1, -0.05) is 47.5 Å². The van der Waals surface area contributed by atoms with Gasteiger partial charge in [-0.15, -0.1) is 0 Å². The molecule has 0 aromatic heterocycles. The number of anilines is 2. The van der Waals surface area contributed by atoms with E-state index in [1.165, 1.54) is 0 Å². The molecule has 0 unspecified atom stereocenters. The van der Waals surface area contributed by atoms with Crippen molar-refractivity contribution in [2.45, 2.75) is 46.0 Å². The summed E-state index contributed by atoms with van der Waals surface area (Å²) < 4.78 is 11.5. The second kappa shape index (κ2) is 16.0. The van der Waals surface area contributed by atoms with E-state index in [0.29, 0.717) is 48.9 Å². The first-order chi connectivity index (χ1) is 20.7. The lowest BCUT2D eigenvalue weighted by atomic mass is 10.0. The molecule has 0 saturated heterocycles. The summed E-state index contributed by atoms with van der Waals surface area (Å²) in [5.41, 5.74) is 5.71. The summed E-state index contributed by atoms with van der Waals surface area (Å²) in [5, 5.41) is 7.23. The lowest BCUT2D eigenvalue weighted by Crippen LogP contribution is -2.13. The maximum atomic E-state index is 12.4. The highest BCUT2D eigenvalue weighted by Crippen LogP contribution is 2.23. The molecule has 2 amide bonds. The SMILES string of the molecule is Cc1cc(Cl)ccc1OCCCC(=O)Nc1ccc(Cc2ccc(NC(=O)CCCOc3ccc(Cl)cc3C)cc2)cc1. The maximum Gasteiger partial charge on any atom is 0.224 e. The number of benzene rings is 4. The van der Waals surface area contributed by atoms with Gasteiger partial charge in [0.05, 0.1) is 13.2 Å². The second-order valence-corrected chi connectivity index (χ2v) is 11.3. The molecule has 0 aliphatic heterocycles. The molecule has 4 rings (SSSR count). The fourth-order valence-corrected chi connectivity index (χ4v) is 4.93. The molecule has 0 bridgehead atoms. The van der Waals surface area contributed by atoms with Crippen LogP contribution in [0.4, 0.5) is 11.4 Å². The minimum Gasteiger partial charge on any atom is -0.493 e. The Kier molecular flexibility index (Phi) is 11.9. The molecule has 0 spiro atoms. The second-order valence-electron chi connectivity index (χ2n) is 10.4. The Morgan fingerprint density at radius 1 is 0.605 bits per heavy atom. The van der Waals surface area contributed by atoms with Crippen molar-refractivity contribution in [1.82, 2.24) is 0 Å². The molecule has 0 saturated carbocycles. The van der Waals surface area contributed by atoms with Crippen LogP contribution in [0.1, 0.15) is 47.9 Å². The molecule has 0 aliphatic rings. The van der Waals surface area contributed by atoms with Crippen molar-refractivity contribution in [1.29, 1.82) is 0 Å². The quantitative estimate of drug-likeness (QED) is 0.138. The fraction of sp³-hybridized carbons (Fsp3) is 0.257. The van der Waals surface area contributed by atoms with Gasteiger partial charge < -0.3 is 20.1 Å². The number of halogens is 2. The van der Waals surface area contributed by atoms with Gasteiger partial charge in [0.1, 0.15) is 11.5 Å². The number of hydrogen-bond donors (Lipinski definition) is 2. The molecule has 4 aromatic carbocycles. The van der Waals surface area contributed by atoms with Crippen LogP contribution in [0, 0.1) is 13.8 Å². The number of hydrogen-bond acceptors (Lipinski definition) is 4. The van der Waals surface area contributed by atoms with Crippen molar-refractivity contribution in [2.75, 3.05) is 23.8 Å². The summed E-state index contributed by atoms with van der Waals surface area (Å²) >= 11 is 12.0. The molecule has 0 fully saturated rings. The molecule has 43 heavy (non-hydrogen) atoms. The normalized spacial score (nSPS) is 10.7. The topological polar surface area (TPSA) is 76.7 Å². The number of aryl methyl sites for hydroxylation is 2. The van der Waals surface area contributed by atoms with E-state index in [0.717, 1.165) is 51.5 Å². The lowest BCUT2D eigenvalue weighted by molar-refractivity contribution is -0.117. The molecule has 4 aromatic rings. The Morgan fingerprint density at radius 2 is 1.00 bits per heavy atom. The van der Waals surface area contributed by atoms with Crippen molar-refractivity contribution in [3.8, 4) is 11.5 Å².